The van der Waals surface area contributed by atoms with Crippen molar-refractivity contribution >= 4 is 90.7 Å². The Balaban J connectivity index is 1.38. The van der Waals surface area contributed by atoms with Crippen LogP contribution in [0.4, 0.5) is 8.78 Å². The van der Waals surface area contributed by atoms with Crippen LogP contribution in [0.2, 0.25) is 0 Å². The second-order valence-corrected chi connectivity index (χ2v) is 25.1. The molecule has 2 heterocycles. The maximum Gasteiger partial charge on any atom is 0.136 e. The van der Waals surface area contributed by atoms with E-state index in [0.717, 1.165) is 129 Å². The van der Waals surface area contributed by atoms with Gasteiger partial charge in [0.05, 0.1) is 23.5 Å². The number of fused-ring (bicyclic) bond motifs is 10. The van der Waals surface area contributed by atoms with Crippen LogP contribution < -0.4 is 0 Å². The predicted octanol–water partition coefficient (Wildman–Crippen LogP) is 21.8. The zero-order valence-corrected chi connectivity index (χ0v) is 49.7. The van der Waals surface area contributed by atoms with Crippen molar-refractivity contribution in [2.45, 2.75) is 270 Å². The van der Waals surface area contributed by atoms with Crippen LogP contribution in [0.5, 0.6) is 0 Å². The number of nitrogens with zero attached hydrogens (tertiary/aromatic N) is 4. The fourth-order valence-corrected chi connectivity index (χ4v) is 15.8. The van der Waals surface area contributed by atoms with Gasteiger partial charge in [0.1, 0.15) is 33.7 Å². The second-order valence-electron chi connectivity index (χ2n) is 21.7. The molecule has 386 valence electrons. The summed E-state index contributed by atoms with van der Waals surface area (Å²) >= 11 is 7.28. The minimum absolute atomic E-state index is 0.196. The Morgan fingerprint density at radius 3 is 0.871 bits per heavy atom. The van der Waals surface area contributed by atoms with E-state index >= 15 is 8.78 Å². The molecule has 0 aliphatic heterocycles. The molecule has 0 bridgehead atoms. The van der Waals surface area contributed by atoms with Crippen LogP contribution in [0.25, 0.3) is 44.3 Å². The van der Waals surface area contributed by atoms with Gasteiger partial charge < -0.3 is 0 Å². The summed E-state index contributed by atoms with van der Waals surface area (Å²) in [6.07, 6.45) is 41.8. The quantitative estimate of drug-likeness (QED) is 0.0296. The first kappa shape index (κ1) is 56.3. The predicted molar refractivity (Wildman–Crippen MR) is 315 cm³/mol. The monoisotopic (exact) mass is 1220 g/mol. The highest BCUT2D eigenvalue weighted by molar-refractivity contribution is 14.1. The Hall–Kier alpha value is -1.38. The Labute approximate surface area is 458 Å². The van der Waals surface area contributed by atoms with Crippen molar-refractivity contribution < 1.29 is 8.78 Å². The Morgan fingerprint density at radius 1 is 0.357 bits per heavy atom. The lowest BCUT2D eigenvalue weighted by Crippen LogP contribution is -2.29. The smallest absolute Gasteiger partial charge is 0.136 e. The van der Waals surface area contributed by atoms with Crippen molar-refractivity contribution in [3.63, 3.8) is 0 Å². The Kier molecular flexibility index (Phi) is 22.9. The van der Waals surface area contributed by atoms with E-state index in [9.17, 15) is 0 Å². The zero-order valence-electron chi connectivity index (χ0n) is 43.7. The molecule has 0 atom stereocenters. The van der Waals surface area contributed by atoms with Gasteiger partial charge in [-0.3, -0.25) is 0 Å². The van der Waals surface area contributed by atoms with Gasteiger partial charge >= 0.3 is 0 Å². The molecule has 0 N–H and O–H groups in total. The maximum atomic E-state index is 19.5. The molecule has 5 aromatic rings. The van der Waals surface area contributed by atoms with Crippen molar-refractivity contribution in [1.29, 1.82) is 0 Å². The van der Waals surface area contributed by atoms with Crippen molar-refractivity contribution in [2.24, 2.45) is 0 Å². The molecular weight excluding hydrogens is 1130 g/mol. The van der Waals surface area contributed by atoms with Crippen molar-refractivity contribution in [3.8, 4) is 22.3 Å². The second kappa shape index (κ2) is 28.5. The van der Waals surface area contributed by atoms with Crippen LogP contribution in [-0.4, -0.2) is 17.5 Å². The Morgan fingerprint density at radius 2 is 0.600 bits per heavy atom. The van der Waals surface area contributed by atoms with E-state index in [1.807, 2.05) is 0 Å². The van der Waals surface area contributed by atoms with Gasteiger partial charge in [0.2, 0.25) is 0 Å². The third-order valence-corrected chi connectivity index (χ3v) is 19.4. The summed E-state index contributed by atoms with van der Waals surface area (Å²) in [6, 6.07) is 4.57. The average Bonchev–Trinajstić information content (AvgIpc) is 4.16. The SMILES string of the molecule is CCCCCCCCCCC1(CCCCCCCCCC)c2cc(I)c3nsnc3c2-c2c(F)c3c(c(F)c21)-c1c(cc(I)c2nsnc12)C3(CCCCCCCCCC)CCCCCCCCCC. The topological polar surface area (TPSA) is 51.6 Å². The molecule has 3 aromatic carbocycles. The minimum atomic E-state index is -0.670. The van der Waals surface area contributed by atoms with E-state index in [1.54, 1.807) is 0 Å². The third-order valence-electron chi connectivity index (χ3n) is 16.7. The van der Waals surface area contributed by atoms with Gasteiger partial charge in [-0.1, -0.05) is 233 Å². The molecule has 4 nitrogen and oxygen atoms in total. The van der Waals surface area contributed by atoms with E-state index in [1.165, 1.54) is 178 Å². The first-order valence-electron chi connectivity index (χ1n) is 28.8. The summed E-state index contributed by atoms with van der Waals surface area (Å²) in [7, 11) is 0. The van der Waals surface area contributed by atoms with Crippen LogP contribution in [0.1, 0.15) is 281 Å². The normalized spacial score (nSPS) is 14.3. The average molecular weight is 1220 g/mol. The van der Waals surface area contributed by atoms with Crippen LogP contribution in [0.15, 0.2) is 12.1 Å². The summed E-state index contributed by atoms with van der Waals surface area (Å²) in [6.45, 7) is 9.12. The maximum absolute atomic E-state index is 19.5. The number of rotatable bonds is 36. The molecule has 2 aliphatic rings. The number of hydrogen-bond acceptors (Lipinski definition) is 6. The molecule has 0 unspecified atom stereocenters. The fraction of sp³-hybridized carbons (Fsp3) is 0.700. The van der Waals surface area contributed by atoms with Gasteiger partial charge in [-0.25, -0.2) is 8.78 Å². The van der Waals surface area contributed by atoms with Gasteiger partial charge in [0.25, 0.3) is 0 Å². The van der Waals surface area contributed by atoms with Gasteiger partial charge in [-0.2, -0.15) is 17.5 Å². The number of aromatic nitrogens is 4. The van der Waals surface area contributed by atoms with E-state index in [-0.39, 0.29) is 11.6 Å². The number of halogens is 4. The molecule has 2 aliphatic carbocycles. The third kappa shape index (κ3) is 12.6. The summed E-state index contributed by atoms with van der Waals surface area (Å²) in [5, 5.41) is 0. The lowest BCUT2D eigenvalue weighted by Gasteiger charge is -2.35. The first-order chi connectivity index (χ1) is 34.3. The van der Waals surface area contributed by atoms with Crippen molar-refractivity contribution in [1.82, 2.24) is 17.5 Å². The van der Waals surface area contributed by atoms with Crippen LogP contribution in [0, 0.1) is 18.8 Å². The molecule has 0 amide bonds. The summed E-state index contributed by atoms with van der Waals surface area (Å²) in [5.74, 6) is -0.392. The highest BCUT2D eigenvalue weighted by atomic mass is 127. The highest BCUT2D eigenvalue weighted by Crippen LogP contribution is 2.65. The minimum Gasteiger partial charge on any atom is -0.206 e. The van der Waals surface area contributed by atoms with Gasteiger partial charge in [0.15, 0.2) is 0 Å². The van der Waals surface area contributed by atoms with Crippen molar-refractivity contribution in [2.75, 3.05) is 0 Å². The summed E-state index contributed by atoms with van der Waals surface area (Å²) < 4.78 is 60.8. The van der Waals surface area contributed by atoms with E-state index in [4.69, 9.17) is 17.5 Å². The number of unbranched alkanes of at least 4 members (excludes halogenated alkanes) is 28. The largest absolute Gasteiger partial charge is 0.206 e. The lowest BCUT2D eigenvalue weighted by molar-refractivity contribution is 0.374. The van der Waals surface area contributed by atoms with E-state index < -0.39 is 10.8 Å². The molecular formula is C60H86F2I2N4S2. The molecule has 0 fully saturated rings. The molecule has 0 spiro atoms. The molecule has 2 aromatic heterocycles. The Bertz CT molecular complexity index is 2200. The first-order valence-corrected chi connectivity index (χ1v) is 32.4. The number of hydrogen-bond donors (Lipinski definition) is 0. The van der Waals surface area contributed by atoms with Gasteiger partial charge in [-0.05, 0) is 94.1 Å². The van der Waals surface area contributed by atoms with Crippen LogP contribution in [-0.2, 0) is 10.8 Å². The lowest BCUT2D eigenvalue weighted by atomic mass is 9.68. The van der Waals surface area contributed by atoms with E-state index in [0.29, 0.717) is 22.3 Å². The summed E-state index contributed by atoms with van der Waals surface area (Å²) in [5.41, 5.74) is 7.90. The molecule has 0 saturated heterocycles. The highest BCUT2D eigenvalue weighted by Gasteiger charge is 2.54. The van der Waals surface area contributed by atoms with Gasteiger partial charge in [-0.15, -0.1) is 0 Å². The van der Waals surface area contributed by atoms with Crippen LogP contribution >= 0.6 is 68.6 Å². The standard InChI is InChI=1S/C60H86F2I2N4S2/c1-5-9-13-17-21-25-29-33-37-59(38-34-30-26-22-18-14-10-6-2)43-41-45(63)55-57(67-69-65-55)47(43)49-51(59)53(61)50-48-44(42-46(64)56-58(48)68-70-66-56)60(52(50)54(49)62,39-35-31-27-23-19-15-11-7-3)40-36-32-28-24-20-16-12-8-4/h41-42H,5-40H2,1-4H3. The molecule has 0 radical (unpaired) electrons. The van der Waals surface area contributed by atoms with Gasteiger partial charge in [0, 0.05) is 51.4 Å². The van der Waals surface area contributed by atoms with Crippen molar-refractivity contribution in [3.05, 3.63) is 53.2 Å². The van der Waals surface area contributed by atoms with Crippen LogP contribution in [0.3, 0.4) is 0 Å². The molecule has 10 heteroatoms. The molecule has 7 rings (SSSR count). The number of benzene rings is 3. The zero-order chi connectivity index (χ0) is 49.4. The molecule has 0 saturated carbocycles. The van der Waals surface area contributed by atoms with E-state index in [2.05, 4.69) is 85.0 Å². The summed E-state index contributed by atoms with van der Waals surface area (Å²) in [4.78, 5) is 0. The fourth-order valence-electron chi connectivity index (χ4n) is 12.9. The molecule has 70 heavy (non-hydrogen) atoms.